The van der Waals surface area contributed by atoms with Crippen LogP contribution in [0.15, 0.2) is 66.7 Å². The van der Waals surface area contributed by atoms with Gasteiger partial charge in [0.05, 0.1) is 18.4 Å². The molecule has 1 fully saturated rings. The van der Waals surface area contributed by atoms with Crippen molar-refractivity contribution in [2.75, 3.05) is 19.0 Å². The van der Waals surface area contributed by atoms with E-state index < -0.39 is 23.5 Å². The average molecular weight is 472 g/mol. The van der Waals surface area contributed by atoms with Crippen LogP contribution in [0.1, 0.15) is 40.2 Å². The molecule has 178 valence electrons. The summed E-state index contributed by atoms with van der Waals surface area (Å²) in [7, 11) is 1.43. The second kappa shape index (κ2) is 8.79. The van der Waals surface area contributed by atoms with Crippen molar-refractivity contribution in [3.63, 3.8) is 0 Å². The molecule has 0 aromatic heterocycles. The molecule has 0 unspecified atom stereocenters. The van der Waals surface area contributed by atoms with Gasteiger partial charge in [-0.2, -0.15) is 0 Å². The summed E-state index contributed by atoms with van der Waals surface area (Å²) in [5.41, 5.74) is 3.35. The number of nitrogens with one attached hydrogen (secondary N) is 2. The third-order valence-corrected chi connectivity index (χ3v) is 6.58. The predicted octanol–water partition coefficient (Wildman–Crippen LogP) is 4.40. The molecule has 0 atom stereocenters. The number of aromatic carboxylic acids is 1. The van der Waals surface area contributed by atoms with Crippen molar-refractivity contribution in [1.29, 1.82) is 0 Å². The highest BCUT2D eigenvalue weighted by molar-refractivity contribution is 6.06. The van der Waals surface area contributed by atoms with Gasteiger partial charge in [-0.25, -0.2) is 9.59 Å². The standard InChI is InChI=1S/C27H24N2O6/c1-34-16-10-11-23(21(14-16)24(30)31)28-25(32)27(12-13-27)29-26(33)35-15-22-19-8-4-2-6-17(19)18-7-3-5-9-20(18)22/h2-11,14,22H,12-13,15H2,1H3,(H,28,32)(H,29,33)(H,30,31). The van der Waals surface area contributed by atoms with Gasteiger partial charge in [0.15, 0.2) is 0 Å². The second-order valence-corrected chi connectivity index (χ2v) is 8.70. The summed E-state index contributed by atoms with van der Waals surface area (Å²) in [5.74, 6) is -1.42. The summed E-state index contributed by atoms with van der Waals surface area (Å²) in [6.07, 6.45) is 0.177. The molecule has 1 saturated carbocycles. The molecule has 8 nitrogen and oxygen atoms in total. The van der Waals surface area contributed by atoms with Crippen LogP contribution in [-0.4, -0.2) is 42.3 Å². The summed E-state index contributed by atoms with van der Waals surface area (Å²) < 4.78 is 10.6. The minimum absolute atomic E-state index is 0.0884. The third-order valence-electron chi connectivity index (χ3n) is 6.58. The Bertz CT molecular complexity index is 1290. The number of carboxylic acids is 1. The van der Waals surface area contributed by atoms with E-state index in [2.05, 4.69) is 22.8 Å². The van der Waals surface area contributed by atoms with E-state index in [0.29, 0.717) is 18.6 Å². The molecular formula is C27H24N2O6. The van der Waals surface area contributed by atoms with E-state index in [0.717, 1.165) is 22.3 Å². The first-order valence-electron chi connectivity index (χ1n) is 11.3. The zero-order chi connectivity index (χ0) is 24.6. The molecule has 0 bridgehead atoms. The smallest absolute Gasteiger partial charge is 0.408 e. The highest BCUT2D eigenvalue weighted by Crippen LogP contribution is 2.44. The van der Waals surface area contributed by atoms with E-state index in [1.165, 1.54) is 19.2 Å². The average Bonchev–Trinajstić information content (AvgIpc) is 3.58. The van der Waals surface area contributed by atoms with Crippen molar-refractivity contribution in [2.24, 2.45) is 0 Å². The van der Waals surface area contributed by atoms with Crippen LogP contribution in [-0.2, 0) is 9.53 Å². The molecule has 35 heavy (non-hydrogen) atoms. The first-order valence-corrected chi connectivity index (χ1v) is 11.3. The lowest BCUT2D eigenvalue weighted by atomic mass is 9.98. The number of alkyl carbamates (subject to hydrolysis) is 1. The number of anilines is 1. The number of hydrogen-bond acceptors (Lipinski definition) is 5. The minimum atomic E-state index is -1.20. The van der Waals surface area contributed by atoms with Crippen LogP contribution < -0.4 is 15.4 Å². The summed E-state index contributed by atoms with van der Waals surface area (Å²) >= 11 is 0. The summed E-state index contributed by atoms with van der Waals surface area (Å²) in [6, 6.07) is 20.4. The van der Waals surface area contributed by atoms with Crippen molar-refractivity contribution in [2.45, 2.75) is 24.3 Å². The maximum absolute atomic E-state index is 12.9. The van der Waals surface area contributed by atoms with Gasteiger partial charge in [-0.05, 0) is 53.3 Å². The fourth-order valence-electron chi connectivity index (χ4n) is 4.54. The van der Waals surface area contributed by atoms with E-state index in [1.54, 1.807) is 6.07 Å². The quantitative estimate of drug-likeness (QED) is 0.470. The van der Waals surface area contributed by atoms with Gasteiger partial charge in [-0.1, -0.05) is 48.5 Å². The molecule has 0 spiro atoms. The predicted molar refractivity (Wildman–Crippen MR) is 129 cm³/mol. The number of hydrogen-bond donors (Lipinski definition) is 3. The molecule has 0 aliphatic heterocycles. The van der Waals surface area contributed by atoms with Crippen LogP contribution in [0.2, 0.25) is 0 Å². The fraction of sp³-hybridized carbons (Fsp3) is 0.222. The molecule has 2 aliphatic rings. The van der Waals surface area contributed by atoms with Crippen molar-refractivity contribution in [1.82, 2.24) is 5.32 Å². The van der Waals surface area contributed by atoms with Crippen LogP contribution in [0.25, 0.3) is 11.1 Å². The van der Waals surface area contributed by atoms with Gasteiger partial charge >= 0.3 is 12.1 Å². The lowest BCUT2D eigenvalue weighted by Crippen LogP contribution is -2.46. The van der Waals surface area contributed by atoms with Gasteiger partial charge in [0, 0.05) is 5.92 Å². The Balaban J connectivity index is 1.25. The van der Waals surface area contributed by atoms with E-state index in [4.69, 9.17) is 9.47 Å². The Kier molecular flexibility index (Phi) is 5.64. The minimum Gasteiger partial charge on any atom is -0.497 e. The van der Waals surface area contributed by atoms with Crippen LogP contribution >= 0.6 is 0 Å². The van der Waals surface area contributed by atoms with E-state index in [-0.39, 0.29) is 23.8 Å². The van der Waals surface area contributed by atoms with Gasteiger partial charge in [0.1, 0.15) is 17.9 Å². The fourth-order valence-corrected chi connectivity index (χ4v) is 4.54. The van der Waals surface area contributed by atoms with Crippen molar-refractivity contribution >= 4 is 23.7 Å². The van der Waals surface area contributed by atoms with E-state index in [9.17, 15) is 19.5 Å². The number of benzene rings is 3. The number of rotatable bonds is 7. The molecule has 5 rings (SSSR count). The molecule has 8 heteroatoms. The monoisotopic (exact) mass is 472 g/mol. The molecule has 3 N–H and O–H groups in total. The van der Waals surface area contributed by atoms with Gasteiger partial charge in [-0.15, -0.1) is 0 Å². The van der Waals surface area contributed by atoms with Crippen LogP contribution in [0.5, 0.6) is 5.75 Å². The third kappa shape index (κ3) is 4.19. The molecule has 3 aromatic carbocycles. The number of fused-ring (bicyclic) bond motifs is 3. The Morgan fingerprint density at radius 3 is 2.17 bits per heavy atom. The number of carbonyl (C=O) groups is 3. The molecule has 0 radical (unpaired) electrons. The first-order chi connectivity index (χ1) is 16.9. The first kappa shape index (κ1) is 22.5. The van der Waals surface area contributed by atoms with Crippen molar-refractivity contribution < 1.29 is 29.0 Å². The highest BCUT2D eigenvalue weighted by atomic mass is 16.5. The molecule has 2 amide bonds. The maximum atomic E-state index is 12.9. The van der Waals surface area contributed by atoms with Crippen LogP contribution in [0.3, 0.4) is 0 Å². The lowest BCUT2D eigenvalue weighted by molar-refractivity contribution is -0.119. The summed E-state index contributed by atoms with van der Waals surface area (Å²) in [5, 5.41) is 14.8. The Labute approximate surface area is 201 Å². The summed E-state index contributed by atoms with van der Waals surface area (Å²) in [6.45, 7) is 0.138. The number of amides is 2. The maximum Gasteiger partial charge on any atom is 0.408 e. The molecule has 2 aliphatic carbocycles. The Morgan fingerprint density at radius 1 is 0.971 bits per heavy atom. The summed E-state index contributed by atoms with van der Waals surface area (Å²) in [4.78, 5) is 37.2. The highest BCUT2D eigenvalue weighted by Gasteiger charge is 2.52. The lowest BCUT2D eigenvalue weighted by Gasteiger charge is -2.19. The molecule has 3 aromatic rings. The van der Waals surface area contributed by atoms with Crippen molar-refractivity contribution in [3.8, 4) is 16.9 Å². The zero-order valence-electron chi connectivity index (χ0n) is 19.0. The largest absolute Gasteiger partial charge is 0.497 e. The van der Waals surface area contributed by atoms with Crippen LogP contribution in [0, 0.1) is 0 Å². The second-order valence-electron chi connectivity index (χ2n) is 8.70. The number of carboxylic acid groups (broad SMARTS) is 1. The van der Waals surface area contributed by atoms with Gasteiger partial charge in [0.25, 0.3) is 0 Å². The normalized spacial score (nSPS) is 14.9. The van der Waals surface area contributed by atoms with Gasteiger partial charge in [-0.3, -0.25) is 4.79 Å². The molecule has 0 saturated heterocycles. The van der Waals surface area contributed by atoms with Crippen molar-refractivity contribution in [3.05, 3.63) is 83.4 Å². The SMILES string of the molecule is COc1ccc(NC(=O)C2(NC(=O)OCC3c4ccccc4-c4ccccc43)CC2)c(C(=O)O)c1. The number of methoxy groups -OCH3 is 1. The van der Waals surface area contributed by atoms with Gasteiger partial charge in [0.2, 0.25) is 5.91 Å². The van der Waals surface area contributed by atoms with E-state index >= 15 is 0 Å². The van der Waals surface area contributed by atoms with E-state index in [1.807, 2.05) is 36.4 Å². The van der Waals surface area contributed by atoms with Crippen LogP contribution in [0.4, 0.5) is 10.5 Å². The Hall–Kier alpha value is -4.33. The molecule has 0 heterocycles. The van der Waals surface area contributed by atoms with Gasteiger partial charge < -0.3 is 25.2 Å². The zero-order valence-corrected chi connectivity index (χ0v) is 19.0. The molecular weight excluding hydrogens is 448 g/mol. The number of ether oxygens (including phenoxy) is 2. The topological polar surface area (TPSA) is 114 Å². The number of carbonyl (C=O) groups excluding carboxylic acids is 2. The Morgan fingerprint density at radius 2 is 1.60 bits per heavy atom.